The fourth-order valence-electron chi connectivity index (χ4n) is 5.70. The zero-order chi connectivity index (χ0) is 27.5. The van der Waals surface area contributed by atoms with Gasteiger partial charge in [-0.05, 0) is 53.1 Å². The van der Waals surface area contributed by atoms with Gasteiger partial charge in [0.2, 0.25) is 18.2 Å². The van der Waals surface area contributed by atoms with Crippen molar-refractivity contribution in [2.45, 2.75) is 17.6 Å². The maximum absolute atomic E-state index is 17.4. The Bertz CT molecular complexity index is 1470. The van der Waals surface area contributed by atoms with Crippen LogP contribution in [0.3, 0.4) is 0 Å². The third-order valence-corrected chi connectivity index (χ3v) is 7.53. The highest BCUT2D eigenvalue weighted by atomic mass is 19.1. The van der Waals surface area contributed by atoms with Crippen LogP contribution in [0, 0.1) is 16.0 Å². The lowest BCUT2D eigenvalue weighted by atomic mass is 9.63. The second-order valence-corrected chi connectivity index (χ2v) is 9.44. The molecule has 0 spiro atoms. The Morgan fingerprint density at radius 1 is 1.03 bits per heavy atom. The number of ether oxygens (including phenoxy) is 5. The Morgan fingerprint density at radius 3 is 2.23 bits per heavy atom. The summed E-state index contributed by atoms with van der Waals surface area (Å²) >= 11 is 0. The van der Waals surface area contributed by atoms with E-state index in [2.05, 4.69) is 5.32 Å². The van der Waals surface area contributed by atoms with E-state index in [1.54, 1.807) is 12.1 Å². The Kier molecular flexibility index (Phi) is 5.63. The number of phenolic OH excluding ortho intramolecular Hbond substituents is 1. The van der Waals surface area contributed by atoms with Gasteiger partial charge >= 0.3 is 5.97 Å². The lowest BCUT2D eigenvalue weighted by Gasteiger charge is -2.43. The number of hydrogen-bond acceptors (Lipinski definition) is 10. The van der Waals surface area contributed by atoms with E-state index in [0.717, 1.165) is 0 Å². The predicted octanol–water partition coefficient (Wildman–Crippen LogP) is 4.23. The van der Waals surface area contributed by atoms with Crippen molar-refractivity contribution in [1.29, 1.82) is 0 Å². The first kappa shape index (κ1) is 24.6. The molecule has 0 amide bonds. The number of anilines is 1. The van der Waals surface area contributed by atoms with E-state index < -0.39 is 34.4 Å². The van der Waals surface area contributed by atoms with Gasteiger partial charge in [0.25, 0.3) is 5.69 Å². The van der Waals surface area contributed by atoms with Crippen molar-refractivity contribution >= 4 is 17.3 Å². The van der Waals surface area contributed by atoms with E-state index in [9.17, 15) is 20.0 Å². The number of benzene rings is 3. The molecule has 1 saturated heterocycles. The van der Waals surface area contributed by atoms with Crippen molar-refractivity contribution in [2.24, 2.45) is 5.92 Å². The average molecular weight is 538 g/mol. The zero-order valence-corrected chi connectivity index (χ0v) is 20.8. The van der Waals surface area contributed by atoms with Crippen LogP contribution >= 0.6 is 0 Å². The molecule has 2 N–H and O–H groups in total. The van der Waals surface area contributed by atoms with Gasteiger partial charge in [-0.25, -0.2) is 9.18 Å². The van der Waals surface area contributed by atoms with Gasteiger partial charge < -0.3 is 34.1 Å². The van der Waals surface area contributed by atoms with Gasteiger partial charge in [-0.3, -0.25) is 10.1 Å². The van der Waals surface area contributed by atoms with Crippen LogP contribution in [0.25, 0.3) is 0 Å². The number of cyclic esters (lactones) is 1. The number of non-ortho nitro benzene ring substituents is 1. The number of nitro groups is 1. The quantitative estimate of drug-likeness (QED) is 0.266. The Hall–Kier alpha value is -4.74. The summed E-state index contributed by atoms with van der Waals surface area (Å²) in [4.78, 5) is 23.8. The number of hydrogen-bond donors (Lipinski definition) is 2. The number of fused-ring (bicyclic) bond motifs is 3. The van der Waals surface area contributed by atoms with Crippen molar-refractivity contribution in [1.82, 2.24) is 0 Å². The third-order valence-electron chi connectivity index (χ3n) is 7.53. The topological polar surface area (TPSA) is 139 Å². The van der Waals surface area contributed by atoms with Gasteiger partial charge in [-0.1, -0.05) is 0 Å². The number of rotatable bonds is 6. The van der Waals surface area contributed by atoms with Crippen LogP contribution in [0.4, 0.5) is 15.8 Å². The minimum absolute atomic E-state index is 0.0174. The highest BCUT2D eigenvalue weighted by Crippen LogP contribution is 2.59. The molecule has 202 valence electrons. The first-order valence-electron chi connectivity index (χ1n) is 12.0. The second-order valence-electron chi connectivity index (χ2n) is 9.44. The highest BCUT2D eigenvalue weighted by molar-refractivity contribution is 5.86. The summed E-state index contributed by atoms with van der Waals surface area (Å²) < 4.78 is 44.5. The van der Waals surface area contributed by atoms with E-state index in [0.29, 0.717) is 33.9 Å². The molecule has 3 aliphatic rings. The maximum atomic E-state index is 17.4. The van der Waals surface area contributed by atoms with Crippen molar-refractivity contribution in [2.75, 3.05) is 32.9 Å². The number of nitrogens with zero attached hydrogens (tertiary/aromatic N) is 1. The van der Waals surface area contributed by atoms with Crippen LogP contribution in [0.2, 0.25) is 0 Å². The van der Waals surface area contributed by atoms with E-state index in [-0.39, 0.29) is 36.3 Å². The minimum atomic E-state index is -2.54. The predicted molar refractivity (Wildman–Crippen MR) is 133 cm³/mol. The Labute approximate surface area is 221 Å². The van der Waals surface area contributed by atoms with Gasteiger partial charge in [0.1, 0.15) is 6.61 Å². The van der Waals surface area contributed by atoms with Gasteiger partial charge in [0.15, 0.2) is 23.0 Å². The molecule has 0 saturated carbocycles. The molecule has 4 atom stereocenters. The van der Waals surface area contributed by atoms with Gasteiger partial charge in [-0.2, -0.15) is 0 Å². The highest BCUT2D eigenvalue weighted by Gasteiger charge is 2.65. The second kappa shape index (κ2) is 8.93. The standard InChI is InChI=1S/C27H23FN2O9/c1-35-21-7-13(8-22(36-2)25(21)31)23-16-9-19-20(39-12-38-19)10-17(16)24(18-11-37-26(32)27(18,23)28)29-14-3-5-15(6-4-14)30(33)34/h3-10,18,23-24,29,31H,11-12H2,1-2H3/t18-,23-,24-,27-/m1/s1. The number of carbonyl (C=O) groups excluding carboxylic acids is 1. The Morgan fingerprint density at radius 2 is 1.64 bits per heavy atom. The molecule has 6 rings (SSSR count). The lowest BCUT2D eigenvalue weighted by molar-refractivity contribution is -0.384. The summed E-state index contributed by atoms with van der Waals surface area (Å²) in [5.74, 6) is -2.53. The Balaban J connectivity index is 1.55. The first-order valence-corrected chi connectivity index (χ1v) is 12.0. The van der Waals surface area contributed by atoms with Crippen LogP contribution in [-0.4, -0.2) is 49.3 Å². The molecular weight excluding hydrogens is 515 g/mol. The molecule has 1 aliphatic carbocycles. The number of nitrogens with one attached hydrogen (secondary N) is 1. The molecule has 39 heavy (non-hydrogen) atoms. The van der Waals surface area contributed by atoms with Gasteiger partial charge in [-0.15, -0.1) is 0 Å². The molecule has 0 aromatic heterocycles. The van der Waals surface area contributed by atoms with Crippen LogP contribution in [0.1, 0.15) is 28.7 Å². The maximum Gasteiger partial charge on any atom is 0.345 e. The summed E-state index contributed by atoms with van der Waals surface area (Å²) in [6, 6.07) is 11.2. The SMILES string of the molecule is COc1cc([C@@H]2c3cc4c(cc3[C@@H](Nc3ccc([N+](=O)[O-])cc3)[C@H]3COC(=O)[C@]23F)OCO4)cc(OC)c1O. The number of carbonyl (C=O) groups is 1. The lowest BCUT2D eigenvalue weighted by Crippen LogP contribution is -2.50. The molecule has 1 fully saturated rings. The molecule has 3 aromatic rings. The number of alkyl halides is 1. The monoisotopic (exact) mass is 538 g/mol. The molecule has 11 nitrogen and oxygen atoms in total. The largest absolute Gasteiger partial charge is 0.502 e. The number of aromatic hydroxyl groups is 1. The van der Waals surface area contributed by atoms with E-state index in [1.165, 1.54) is 50.6 Å². The summed E-state index contributed by atoms with van der Waals surface area (Å²) in [5.41, 5.74) is -0.755. The number of halogens is 1. The summed E-state index contributed by atoms with van der Waals surface area (Å²) in [6.45, 7) is -0.229. The number of methoxy groups -OCH3 is 2. The molecule has 0 radical (unpaired) electrons. The van der Waals surface area contributed by atoms with Crippen molar-refractivity contribution < 1.29 is 42.9 Å². The molecule has 2 aliphatic heterocycles. The van der Waals surface area contributed by atoms with Crippen molar-refractivity contribution in [3.8, 4) is 28.7 Å². The summed E-state index contributed by atoms with van der Waals surface area (Å²) in [5, 5.41) is 24.8. The fourth-order valence-corrected chi connectivity index (χ4v) is 5.70. The van der Waals surface area contributed by atoms with Crippen molar-refractivity contribution in [3.05, 3.63) is 75.3 Å². The smallest absolute Gasteiger partial charge is 0.345 e. The van der Waals surface area contributed by atoms with Crippen LogP contribution in [0.5, 0.6) is 28.7 Å². The van der Waals surface area contributed by atoms with E-state index in [1.807, 2.05) is 0 Å². The fraction of sp³-hybridized carbons (Fsp3) is 0.296. The van der Waals surface area contributed by atoms with Crippen LogP contribution in [0.15, 0.2) is 48.5 Å². The van der Waals surface area contributed by atoms with Crippen LogP contribution in [-0.2, 0) is 9.53 Å². The molecule has 3 aromatic carbocycles. The number of esters is 1. The number of nitro benzene ring substituents is 1. The first-order chi connectivity index (χ1) is 18.8. The normalized spacial score (nSPS) is 24.4. The molecular formula is C27H23FN2O9. The summed E-state index contributed by atoms with van der Waals surface area (Å²) in [7, 11) is 2.71. The molecule has 2 heterocycles. The van der Waals surface area contributed by atoms with E-state index >= 15 is 4.39 Å². The third kappa shape index (κ3) is 3.66. The minimum Gasteiger partial charge on any atom is -0.502 e. The van der Waals surface area contributed by atoms with Gasteiger partial charge in [0.05, 0.1) is 37.0 Å². The number of phenols is 1. The van der Waals surface area contributed by atoms with Gasteiger partial charge in [0, 0.05) is 17.8 Å². The van der Waals surface area contributed by atoms with Crippen molar-refractivity contribution in [3.63, 3.8) is 0 Å². The van der Waals surface area contributed by atoms with E-state index in [4.69, 9.17) is 23.7 Å². The van der Waals surface area contributed by atoms with Crippen LogP contribution < -0.4 is 24.3 Å². The molecule has 0 unspecified atom stereocenters. The molecule has 12 heteroatoms. The zero-order valence-electron chi connectivity index (χ0n) is 20.8. The molecule has 0 bridgehead atoms. The summed E-state index contributed by atoms with van der Waals surface area (Å²) in [6.07, 6.45) is 0. The average Bonchev–Trinajstić information content (AvgIpc) is 3.51.